The van der Waals surface area contributed by atoms with Crippen LogP contribution in [0.25, 0.3) is 0 Å². The molecule has 4 N–H and O–H groups in total. The normalized spacial score (nSPS) is 9.11. The van der Waals surface area contributed by atoms with Gasteiger partial charge in [0.05, 0.1) is 0 Å². The zero-order valence-electron chi connectivity index (χ0n) is 10.4. The van der Waals surface area contributed by atoms with Crippen LogP contribution in [-0.4, -0.2) is 28.8 Å². The first kappa shape index (κ1) is 14.4. The van der Waals surface area contributed by atoms with Crippen molar-refractivity contribution in [1.29, 1.82) is 0 Å². The molecule has 2 amide bonds. The molecule has 0 saturated carbocycles. The van der Waals surface area contributed by atoms with Gasteiger partial charge >= 0.3 is 12.0 Å². The number of anilines is 1. The number of urea groups is 1. The van der Waals surface area contributed by atoms with Crippen molar-refractivity contribution < 1.29 is 19.8 Å². The maximum absolute atomic E-state index is 11.4. The van der Waals surface area contributed by atoms with Gasteiger partial charge in [0, 0.05) is 24.7 Å². The van der Waals surface area contributed by atoms with Gasteiger partial charge in [-0.05, 0) is 19.1 Å². The topological polar surface area (TPSA) is 98.7 Å². The Balaban J connectivity index is 2.57. The van der Waals surface area contributed by atoms with E-state index < -0.39 is 17.7 Å². The van der Waals surface area contributed by atoms with E-state index in [9.17, 15) is 14.7 Å². The maximum Gasteiger partial charge on any atom is 0.339 e. The van der Waals surface area contributed by atoms with Gasteiger partial charge in [-0.15, -0.1) is 11.8 Å². The maximum atomic E-state index is 11.4. The van der Waals surface area contributed by atoms with Crippen molar-refractivity contribution in [2.45, 2.75) is 13.3 Å². The van der Waals surface area contributed by atoms with Crippen molar-refractivity contribution >= 4 is 17.7 Å². The summed E-state index contributed by atoms with van der Waals surface area (Å²) in [6.45, 7) is 2.12. The zero-order chi connectivity index (χ0) is 14.3. The molecule has 19 heavy (non-hydrogen) atoms. The smallest absolute Gasteiger partial charge is 0.339 e. The van der Waals surface area contributed by atoms with E-state index in [1.54, 1.807) is 6.92 Å². The van der Waals surface area contributed by atoms with Gasteiger partial charge < -0.3 is 20.8 Å². The number of carboxylic acid groups (broad SMARTS) is 1. The summed E-state index contributed by atoms with van der Waals surface area (Å²) in [4.78, 5) is 22.1. The van der Waals surface area contributed by atoms with E-state index in [0.717, 1.165) is 0 Å². The first-order valence-corrected chi connectivity index (χ1v) is 5.55. The van der Waals surface area contributed by atoms with Crippen LogP contribution in [0.15, 0.2) is 18.2 Å². The fourth-order valence-electron chi connectivity index (χ4n) is 1.33. The molecule has 100 valence electrons. The Morgan fingerprint density at radius 3 is 2.68 bits per heavy atom. The second kappa shape index (κ2) is 6.91. The van der Waals surface area contributed by atoms with Gasteiger partial charge in [-0.1, -0.05) is 0 Å². The van der Waals surface area contributed by atoms with E-state index in [0.29, 0.717) is 18.7 Å². The predicted octanol–water partition coefficient (Wildman–Crippen LogP) is 1.63. The van der Waals surface area contributed by atoms with Gasteiger partial charge in [-0.25, -0.2) is 9.59 Å². The van der Waals surface area contributed by atoms with Crippen LogP contribution in [-0.2, 0) is 0 Å². The Kier molecular flexibility index (Phi) is 5.23. The van der Waals surface area contributed by atoms with Gasteiger partial charge in [0.2, 0.25) is 0 Å². The molecule has 0 heterocycles. The minimum atomic E-state index is -1.23. The van der Waals surface area contributed by atoms with Crippen LogP contribution < -0.4 is 10.6 Å². The molecule has 6 nitrogen and oxygen atoms in total. The number of phenols is 1. The first-order valence-electron chi connectivity index (χ1n) is 5.55. The number of aromatic carboxylic acids is 1. The molecule has 6 heteroatoms. The second-order valence-electron chi connectivity index (χ2n) is 3.59. The number of hydrogen-bond acceptors (Lipinski definition) is 3. The van der Waals surface area contributed by atoms with Crippen LogP contribution in [0.5, 0.6) is 5.75 Å². The van der Waals surface area contributed by atoms with Gasteiger partial charge in [0.25, 0.3) is 0 Å². The predicted molar refractivity (Wildman–Crippen MR) is 70.2 cm³/mol. The number of amides is 2. The van der Waals surface area contributed by atoms with Gasteiger partial charge in [0.15, 0.2) is 0 Å². The summed E-state index contributed by atoms with van der Waals surface area (Å²) in [5, 5.41) is 23.2. The highest BCUT2D eigenvalue weighted by molar-refractivity contribution is 5.93. The van der Waals surface area contributed by atoms with Gasteiger partial charge in [0.1, 0.15) is 11.3 Å². The number of carbonyl (C=O) groups excluding carboxylic acids is 1. The van der Waals surface area contributed by atoms with Crippen LogP contribution in [0.4, 0.5) is 10.5 Å². The third-order valence-corrected chi connectivity index (χ3v) is 2.20. The molecular formula is C13H14N2O4. The molecule has 0 unspecified atom stereocenters. The Labute approximate surface area is 110 Å². The molecular weight excluding hydrogens is 248 g/mol. The van der Waals surface area contributed by atoms with Crippen molar-refractivity contribution in [3.8, 4) is 17.6 Å². The summed E-state index contributed by atoms with van der Waals surface area (Å²) in [5.41, 5.74) is 0.0887. The van der Waals surface area contributed by atoms with Crippen molar-refractivity contribution in [2.75, 3.05) is 11.9 Å². The minimum Gasteiger partial charge on any atom is -0.507 e. The highest BCUT2D eigenvalue weighted by Crippen LogP contribution is 2.21. The molecule has 1 aromatic rings. The molecule has 0 spiro atoms. The highest BCUT2D eigenvalue weighted by Gasteiger charge is 2.10. The van der Waals surface area contributed by atoms with Gasteiger partial charge in [-0.3, -0.25) is 0 Å². The zero-order valence-corrected chi connectivity index (χ0v) is 10.4. The van der Waals surface area contributed by atoms with Crippen LogP contribution in [0.2, 0.25) is 0 Å². The van der Waals surface area contributed by atoms with Crippen molar-refractivity contribution in [3.63, 3.8) is 0 Å². The fraction of sp³-hybridized carbons (Fsp3) is 0.231. The van der Waals surface area contributed by atoms with E-state index in [-0.39, 0.29) is 5.56 Å². The van der Waals surface area contributed by atoms with E-state index in [4.69, 9.17) is 5.11 Å². The van der Waals surface area contributed by atoms with E-state index in [2.05, 4.69) is 22.5 Å². The average molecular weight is 262 g/mol. The first-order chi connectivity index (χ1) is 9.04. The Morgan fingerprint density at radius 2 is 2.11 bits per heavy atom. The van der Waals surface area contributed by atoms with Crippen molar-refractivity contribution in [3.05, 3.63) is 23.8 Å². The molecule has 0 radical (unpaired) electrons. The lowest BCUT2D eigenvalue weighted by molar-refractivity contribution is 0.0694. The molecule has 0 aliphatic rings. The monoisotopic (exact) mass is 262 g/mol. The molecule has 0 fully saturated rings. The number of benzene rings is 1. The number of aromatic hydroxyl groups is 1. The highest BCUT2D eigenvalue weighted by atomic mass is 16.4. The summed E-state index contributed by atoms with van der Waals surface area (Å²) in [6.07, 6.45) is 0.549. The minimum absolute atomic E-state index is 0.218. The fourth-order valence-corrected chi connectivity index (χ4v) is 1.33. The summed E-state index contributed by atoms with van der Waals surface area (Å²) < 4.78 is 0. The number of carboxylic acids is 1. The SMILES string of the molecule is CC#CCCNC(=O)Nc1ccc(C(=O)O)c(O)c1. The molecule has 1 rings (SSSR count). The number of hydrogen-bond donors (Lipinski definition) is 4. The van der Waals surface area contributed by atoms with E-state index in [1.165, 1.54) is 18.2 Å². The lowest BCUT2D eigenvalue weighted by Crippen LogP contribution is -2.29. The quantitative estimate of drug-likeness (QED) is 0.489. The van der Waals surface area contributed by atoms with Crippen LogP contribution in [0, 0.1) is 11.8 Å². The molecule has 0 aromatic heterocycles. The Bertz CT molecular complexity index is 543. The summed E-state index contributed by atoms with van der Waals surface area (Å²) in [6, 6.07) is 3.35. The Hall–Kier alpha value is -2.68. The average Bonchev–Trinajstić information content (AvgIpc) is 2.34. The standard InChI is InChI=1S/C13H14N2O4/c1-2-3-4-7-14-13(19)15-9-5-6-10(12(17)18)11(16)8-9/h5-6,8,16H,4,7H2,1H3,(H,17,18)(H2,14,15,19). The molecule has 0 aliphatic heterocycles. The molecule has 0 atom stereocenters. The van der Waals surface area contributed by atoms with Crippen LogP contribution in [0.1, 0.15) is 23.7 Å². The van der Waals surface area contributed by atoms with Crippen LogP contribution in [0.3, 0.4) is 0 Å². The summed E-state index contributed by atoms with van der Waals surface area (Å²) >= 11 is 0. The molecule has 0 bridgehead atoms. The van der Waals surface area contributed by atoms with E-state index >= 15 is 0 Å². The second-order valence-corrected chi connectivity index (χ2v) is 3.59. The Morgan fingerprint density at radius 1 is 1.37 bits per heavy atom. The summed E-state index contributed by atoms with van der Waals surface area (Å²) in [7, 11) is 0. The third-order valence-electron chi connectivity index (χ3n) is 2.20. The lowest BCUT2D eigenvalue weighted by Gasteiger charge is -2.07. The number of nitrogens with one attached hydrogen (secondary N) is 2. The summed E-state index contributed by atoms with van der Waals surface area (Å²) in [5.74, 6) is 3.87. The number of carbonyl (C=O) groups is 2. The molecule has 1 aromatic carbocycles. The molecule has 0 saturated heterocycles. The molecule has 0 aliphatic carbocycles. The largest absolute Gasteiger partial charge is 0.507 e. The van der Waals surface area contributed by atoms with E-state index in [1.807, 2.05) is 0 Å². The lowest BCUT2D eigenvalue weighted by atomic mass is 10.2. The van der Waals surface area contributed by atoms with Crippen LogP contribution >= 0.6 is 0 Å². The van der Waals surface area contributed by atoms with Crippen molar-refractivity contribution in [2.24, 2.45) is 0 Å². The third kappa shape index (κ3) is 4.60. The van der Waals surface area contributed by atoms with Gasteiger partial charge in [-0.2, -0.15) is 0 Å². The number of rotatable bonds is 4. The van der Waals surface area contributed by atoms with Crippen molar-refractivity contribution in [1.82, 2.24) is 5.32 Å².